The maximum Gasteiger partial charge on any atom is 0.0629 e. The quantitative estimate of drug-likeness (QED) is 0.799. The fourth-order valence-corrected chi connectivity index (χ4v) is 1.56. The lowest BCUT2D eigenvalue weighted by atomic mass is 10.2. The third kappa shape index (κ3) is 4.98. The molecule has 2 rings (SSSR count). The lowest BCUT2D eigenvalue weighted by Crippen LogP contribution is -1.89. The molecule has 0 aliphatic rings. The van der Waals surface area contributed by atoms with Crippen LogP contribution in [0.4, 0.5) is 11.4 Å². The van der Waals surface area contributed by atoms with Crippen LogP contribution < -0.4 is 5.32 Å². The summed E-state index contributed by atoms with van der Waals surface area (Å²) in [4.78, 5) is 4.31. The standard InChI is InChI=1S/C16H16N2.ClH/c1-14-8-5-6-11-16(14)18-13-7-12-17-15-9-3-2-4-10-15;/h2-13,18H,1H3;1H. The number of rotatable bonds is 4. The topological polar surface area (TPSA) is 24.4 Å². The monoisotopic (exact) mass is 272 g/mol. The van der Waals surface area contributed by atoms with E-state index in [4.69, 9.17) is 0 Å². The molecule has 0 saturated carbocycles. The van der Waals surface area contributed by atoms with Gasteiger partial charge in [-0.1, -0.05) is 36.4 Å². The zero-order valence-electron chi connectivity index (χ0n) is 10.8. The second kappa shape index (κ2) is 8.11. The molecule has 2 nitrogen and oxygen atoms in total. The van der Waals surface area contributed by atoms with Crippen molar-refractivity contribution < 1.29 is 0 Å². The van der Waals surface area contributed by atoms with Crippen LogP contribution in [0, 0.1) is 6.92 Å². The minimum absolute atomic E-state index is 0. The summed E-state index contributed by atoms with van der Waals surface area (Å²) in [7, 11) is 0. The first-order valence-corrected chi connectivity index (χ1v) is 5.93. The van der Waals surface area contributed by atoms with Crippen LogP contribution in [-0.2, 0) is 0 Å². The number of anilines is 1. The number of hydrogen-bond donors (Lipinski definition) is 1. The highest BCUT2D eigenvalue weighted by Crippen LogP contribution is 2.12. The van der Waals surface area contributed by atoms with Crippen LogP contribution in [0.15, 0.2) is 71.9 Å². The SMILES string of the molecule is Cc1ccccc1NC=CC=Nc1ccccc1.Cl. The molecule has 0 unspecified atom stereocenters. The molecule has 0 aliphatic heterocycles. The Balaban J connectivity index is 0.00000180. The molecule has 0 atom stereocenters. The molecule has 1 N–H and O–H groups in total. The van der Waals surface area contributed by atoms with Crippen molar-refractivity contribution in [3.05, 3.63) is 72.4 Å². The summed E-state index contributed by atoms with van der Waals surface area (Å²) in [5, 5.41) is 3.23. The van der Waals surface area contributed by atoms with Gasteiger partial charge >= 0.3 is 0 Å². The first-order chi connectivity index (χ1) is 8.86. The van der Waals surface area contributed by atoms with E-state index in [0.29, 0.717) is 0 Å². The third-order valence-electron chi connectivity index (χ3n) is 2.55. The predicted octanol–water partition coefficient (Wildman–Crippen LogP) is 4.74. The molecular formula is C16H17ClN2. The predicted molar refractivity (Wildman–Crippen MR) is 85.8 cm³/mol. The molecule has 0 radical (unpaired) electrons. The lowest BCUT2D eigenvalue weighted by Gasteiger charge is -2.03. The number of halogens is 1. The highest BCUT2D eigenvalue weighted by Gasteiger charge is 1.90. The van der Waals surface area contributed by atoms with Crippen molar-refractivity contribution in [3.8, 4) is 0 Å². The molecule has 0 amide bonds. The zero-order valence-corrected chi connectivity index (χ0v) is 11.6. The zero-order chi connectivity index (χ0) is 12.6. The number of benzene rings is 2. The second-order valence-electron chi connectivity index (χ2n) is 3.93. The first-order valence-electron chi connectivity index (χ1n) is 5.93. The Kier molecular flexibility index (Phi) is 6.41. The summed E-state index contributed by atoms with van der Waals surface area (Å²) in [5.41, 5.74) is 3.29. The van der Waals surface area contributed by atoms with Crippen LogP contribution in [0.25, 0.3) is 0 Å². The van der Waals surface area contributed by atoms with Crippen LogP contribution in [0.5, 0.6) is 0 Å². The smallest absolute Gasteiger partial charge is 0.0629 e. The Morgan fingerprint density at radius 2 is 1.63 bits per heavy atom. The number of allylic oxidation sites excluding steroid dienone is 1. The molecule has 0 heterocycles. The van der Waals surface area contributed by atoms with Crippen molar-refractivity contribution in [3.63, 3.8) is 0 Å². The molecule has 98 valence electrons. The van der Waals surface area contributed by atoms with E-state index in [0.717, 1.165) is 11.4 Å². The summed E-state index contributed by atoms with van der Waals surface area (Å²) in [5.74, 6) is 0. The van der Waals surface area contributed by atoms with E-state index in [2.05, 4.69) is 23.3 Å². The maximum absolute atomic E-state index is 4.31. The van der Waals surface area contributed by atoms with Crippen LogP contribution in [0.2, 0.25) is 0 Å². The van der Waals surface area contributed by atoms with Gasteiger partial charge in [-0.05, 0) is 36.8 Å². The van der Waals surface area contributed by atoms with Gasteiger partial charge in [0.2, 0.25) is 0 Å². The van der Waals surface area contributed by atoms with Gasteiger partial charge in [0.1, 0.15) is 0 Å². The molecule has 0 fully saturated rings. The molecule has 3 heteroatoms. The fourth-order valence-electron chi connectivity index (χ4n) is 1.56. The van der Waals surface area contributed by atoms with Crippen LogP contribution in [0.3, 0.4) is 0 Å². The van der Waals surface area contributed by atoms with Crippen LogP contribution in [0.1, 0.15) is 5.56 Å². The number of aliphatic imine (C=N–C) groups is 1. The molecule has 0 saturated heterocycles. The van der Waals surface area contributed by atoms with Gasteiger partial charge in [-0.25, -0.2) is 0 Å². The number of nitrogens with one attached hydrogen (secondary N) is 1. The Morgan fingerprint density at radius 1 is 0.947 bits per heavy atom. The van der Waals surface area contributed by atoms with Gasteiger partial charge in [-0.15, -0.1) is 12.4 Å². The molecule has 0 spiro atoms. The highest BCUT2D eigenvalue weighted by atomic mass is 35.5. The van der Waals surface area contributed by atoms with Crippen molar-refractivity contribution in [2.75, 3.05) is 5.32 Å². The summed E-state index contributed by atoms with van der Waals surface area (Å²) < 4.78 is 0. The number of hydrogen-bond acceptors (Lipinski definition) is 2. The molecule has 0 aromatic heterocycles. The Hall–Kier alpha value is -2.06. The summed E-state index contributed by atoms with van der Waals surface area (Å²) in [6.07, 6.45) is 5.55. The second-order valence-corrected chi connectivity index (χ2v) is 3.93. The van der Waals surface area contributed by atoms with Crippen LogP contribution in [-0.4, -0.2) is 6.21 Å². The minimum atomic E-state index is 0. The Bertz CT molecular complexity index is 548. The normalized spacial score (nSPS) is 10.6. The number of para-hydroxylation sites is 2. The molecule has 2 aromatic carbocycles. The molecule has 19 heavy (non-hydrogen) atoms. The van der Waals surface area contributed by atoms with Crippen molar-refractivity contribution in [1.82, 2.24) is 0 Å². The fraction of sp³-hybridized carbons (Fsp3) is 0.0625. The van der Waals surface area contributed by atoms with Gasteiger partial charge in [0.25, 0.3) is 0 Å². The Morgan fingerprint density at radius 3 is 2.37 bits per heavy atom. The van der Waals surface area contributed by atoms with Gasteiger partial charge in [0.15, 0.2) is 0 Å². The van der Waals surface area contributed by atoms with E-state index in [1.54, 1.807) is 6.21 Å². The van der Waals surface area contributed by atoms with Crippen molar-refractivity contribution in [1.29, 1.82) is 0 Å². The van der Waals surface area contributed by atoms with Gasteiger partial charge in [0, 0.05) is 18.1 Å². The highest BCUT2D eigenvalue weighted by molar-refractivity contribution is 5.85. The molecule has 2 aromatic rings. The van der Waals surface area contributed by atoms with E-state index < -0.39 is 0 Å². The summed E-state index contributed by atoms with van der Waals surface area (Å²) in [6.45, 7) is 2.08. The minimum Gasteiger partial charge on any atom is -0.361 e. The molecular weight excluding hydrogens is 256 g/mol. The van der Waals surface area contributed by atoms with Gasteiger partial charge < -0.3 is 5.32 Å². The van der Waals surface area contributed by atoms with Gasteiger partial charge in [-0.2, -0.15) is 0 Å². The average Bonchev–Trinajstić information content (AvgIpc) is 2.42. The van der Waals surface area contributed by atoms with E-state index >= 15 is 0 Å². The van der Waals surface area contributed by atoms with Crippen molar-refractivity contribution in [2.45, 2.75) is 6.92 Å². The maximum atomic E-state index is 4.31. The van der Waals surface area contributed by atoms with Crippen molar-refractivity contribution >= 4 is 30.0 Å². The van der Waals surface area contributed by atoms with E-state index in [1.165, 1.54) is 5.56 Å². The van der Waals surface area contributed by atoms with Crippen LogP contribution >= 0.6 is 12.4 Å². The Labute approximate surface area is 120 Å². The van der Waals surface area contributed by atoms with Gasteiger partial charge in [0.05, 0.1) is 5.69 Å². The summed E-state index contributed by atoms with van der Waals surface area (Å²) >= 11 is 0. The van der Waals surface area contributed by atoms with E-state index in [1.807, 2.05) is 60.8 Å². The third-order valence-corrected chi connectivity index (χ3v) is 2.55. The van der Waals surface area contributed by atoms with E-state index in [9.17, 15) is 0 Å². The van der Waals surface area contributed by atoms with Gasteiger partial charge in [-0.3, -0.25) is 4.99 Å². The summed E-state index contributed by atoms with van der Waals surface area (Å²) in [6, 6.07) is 18.0. The van der Waals surface area contributed by atoms with Crippen molar-refractivity contribution in [2.24, 2.45) is 4.99 Å². The lowest BCUT2D eigenvalue weighted by molar-refractivity contribution is 1.44. The largest absolute Gasteiger partial charge is 0.361 e. The number of aryl methyl sites for hydroxylation is 1. The molecule has 0 aliphatic carbocycles. The molecule has 0 bridgehead atoms. The number of nitrogens with zero attached hydrogens (tertiary/aromatic N) is 1. The first kappa shape index (κ1) is 15.0. The average molecular weight is 273 g/mol. The van der Waals surface area contributed by atoms with E-state index in [-0.39, 0.29) is 12.4 Å².